The molecule has 138 valence electrons. The molecule has 1 aliphatic heterocycles. The van der Waals surface area contributed by atoms with E-state index < -0.39 is 8.32 Å². The molecule has 1 aromatic carbocycles. The Kier molecular flexibility index (Phi) is 4.70. The largest absolute Gasteiger partial charge is 0.498 e. The van der Waals surface area contributed by atoms with Gasteiger partial charge in [0.05, 0.1) is 12.4 Å². The number of hydrogen-bond donors (Lipinski definition) is 0. The highest BCUT2D eigenvalue weighted by atomic mass is 28.4. The van der Waals surface area contributed by atoms with Gasteiger partial charge in [0.25, 0.3) is 0 Å². The molecule has 0 aromatic heterocycles. The molecule has 1 fully saturated rings. The number of hydrogen-bond acceptors (Lipinski definition) is 2. The molecule has 1 saturated carbocycles. The second kappa shape index (κ2) is 6.28. The van der Waals surface area contributed by atoms with Gasteiger partial charge in [-0.3, -0.25) is 0 Å². The van der Waals surface area contributed by atoms with Crippen molar-refractivity contribution in [3.8, 4) is 0 Å². The van der Waals surface area contributed by atoms with Crippen LogP contribution in [0, 0.1) is 17.3 Å². The predicted molar refractivity (Wildman–Crippen MR) is 107 cm³/mol. The summed E-state index contributed by atoms with van der Waals surface area (Å²) in [7, 11) is -1.76. The molecule has 1 aromatic rings. The van der Waals surface area contributed by atoms with E-state index in [0.717, 1.165) is 19.0 Å². The fourth-order valence-electron chi connectivity index (χ4n) is 3.78. The van der Waals surface area contributed by atoms with Gasteiger partial charge in [0, 0.05) is 29.8 Å². The van der Waals surface area contributed by atoms with E-state index >= 15 is 0 Å². The Balaban J connectivity index is 1.89. The SMILES string of the molecule is CC(C)C1=C[C@]2(CO[Si](C)(C)C(C)(C)C)[C@H](CO1)[C@H]2c1ccccc1. The minimum atomic E-state index is -1.76. The molecule has 0 unspecified atom stereocenters. The van der Waals surface area contributed by atoms with Gasteiger partial charge in [-0.2, -0.15) is 0 Å². The van der Waals surface area contributed by atoms with Crippen molar-refractivity contribution in [1.29, 1.82) is 0 Å². The lowest BCUT2D eigenvalue weighted by Gasteiger charge is -2.38. The third-order valence-electron chi connectivity index (χ3n) is 6.62. The molecule has 0 radical (unpaired) electrons. The zero-order chi connectivity index (χ0) is 18.5. The van der Waals surface area contributed by atoms with Crippen molar-refractivity contribution in [2.24, 2.45) is 17.3 Å². The van der Waals surface area contributed by atoms with E-state index in [1.165, 1.54) is 5.56 Å². The van der Waals surface area contributed by atoms with E-state index in [4.69, 9.17) is 9.16 Å². The first-order valence-corrected chi connectivity index (χ1v) is 12.5. The number of allylic oxidation sites excluding steroid dienone is 1. The van der Waals surface area contributed by atoms with Gasteiger partial charge in [-0.15, -0.1) is 0 Å². The summed E-state index contributed by atoms with van der Waals surface area (Å²) in [5.41, 5.74) is 1.55. The fraction of sp³-hybridized carbons (Fsp3) is 0.636. The first kappa shape index (κ1) is 18.7. The van der Waals surface area contributed by atoms with Crippen LogP contribution in [0.3, 0.4) is 0 Å². The van der Waals surface area contributed by atoms with Gasteiger partial charge >= 0.3 is 0 Å². The Hall–Kier alpha value is -1.06. The van der Waals surface area contributed by atoms with Crippen molar-refractivity contribution >= 4 is 8.32 Å². The summed E-state index contributed by atoms with van der Waals surface area (Å²) in [6, 6.07) is 10.9. The summed E-state index contributed by atoms with van der Waals surface area (Å²) >= 11 is 0. The topological polar surface area (TPSA) is 18.5 Å². The molecule has 0 saturated heterocycles. The molecule has 0 amide bonds. The summed E-state index contributed by atoms with van der Waals surface area (Å²) in [5.74, 6) is 2.65. The monoisotopic (exact) mass is 358 g/mol. The molecular weight excluding hydrogens is 324 g/mol. The van der Waals surface area contributed by atoms with Crippen molar-refractivity contribution in [3.63, 3.8) is 0 Å². The minimum absolute atomic E-state index is 0.120. The Labute approximate surface area is 154 Å². The average molecular weight is 359 g/mol. The second-order valence-electron chi connectivity index (χ2n) is 9.67. The van der Waals surface area contributed by atoms with E-state index in [0.29, 0.717) is 17.8 Å². The molecule has 3 rings (SSSR count). The lowest BCUT2D eigenvalue weighted by Crippen LogP contribution is -2.42. The maximum absolute atomic E-state index is 6.70. The highest BCUT2D eigenvalue weighted by molar-refractivity contribution is 6.74. The lowest BCUT2D eigenvalue weighted by atomic mass is 9.95. The molecule has 2 nitrogen and oxygen atoms in total. The van der Waals surface area contributed by atoms with E-state index in [9.17, 15) is 0 Å². The normalized spacial score (nSPS) is 29.0. The van der Waals surface area contributed by atoms with Crippen LogP contribution >= 0.6 is 0 Å². The van der Waals surface area contributed by atoms with Crippen LogP contribution in [0.25, 0.3) is 0 Å². The Bertz CT molecular complexity index is 642. The van der Waals surface area contributed by atoms with Crippen LogP contribution in [0.2, 0.25) is 18.1 Å². The van der Waals surface area contributed by atoms with Crippen LogP contribution in [-0.2, 0) is 9.16 Å². The van der Waals surface area contributed by atoms with Gasteiger partial charge in [0.1, 0.15) is 0 Å². The van der Waals surface area contributed by atoms with Crippen molar-refractivity contribution in [1.82, 2.24) is 0 Å². The first-order chi connectivity index (χ1) is 11.6. The summed E-state index contributed by atoms with van der Waals surface area (Å²) in [5, 5.41) is 0.242. The van der Waals surface area contributed by atoms with Gasteiger partial charge < -0.3 is 9.16 Å². The molecule has 1 aliphatic carbocycles. The number of fused-ring (bicyclic) bond motifs is 1. The summed E-state index contributed by atoms with van der Waals surface area (Å²) in [4.78, 5) is 0. The maximum Gasteiger partial charge on any atom is 0.192 e. The Morgan fingerprint density at radius 2 is 1.84 bits per heavy atom. The van der Waals surface area contributed by atoms with Gasteiger partial charge in [-0.1, -0.05) is 65.0 Å². The zero-order valence-electron chi connectivity index (χ0n) is 16.9. The fourth-order valence-corrected chi connectivity index (χ4v) is 4.82. The number of benzene rings is 1. The molecule has 1 heterocycles. The zero-order valence-corrected chi connectivity index (χ0v) is 17.9. The molecule has 3 heteroatoms. The average Bonchev–Trinajstić information content (AvgIpc) is 3.21. The van der Waals surface area contributed by atoms with Crippen molar-refractivity contribution < 1.29 is 9.16 Å². The van der Waals surface area contributed by atoms with Crippen molar-refractivity contribution in [2.75, 3.05) is 13.2 Å². The van der Waals surface area contributed by atoms with Crippen LogP contribution in [0.5, 0.6) is 0 Å². The summed E-state index contributed by atoms with van der Waals surface area (Å²) in [6.45, 7) is 17.7. The van der Waals surface area contributed by atoms with Crippen LogP contribution in [0.15, 0.2) is 42.2 Å². The van der Waals surface area contributed by atoms with E-state index in [-0.39, 0.29) is 10.5 Å². The lowest BCUT2D eigenvalue weighted by molar-refractivity contribution is 0.124. The smallest absolute Gasteiger partial charge is 0.192 e. The molecule has 0 N–H and O–H groups in total. The molecule has 3 atom stereocenters. The van der Waals surface area contributed by atoms with E-state index in [1.807, 2.05) is 0 Å². The molecule has 0 spiro atoms. The number of rotatable bonds is 5. The Morgan fingerprint density at radius 3 is 2.40 bits per heavy atom. The molecule has 0 bridgehead atoms. The standard InChI is InChI=1S/C22H34O2Si/c1-16(2)19-13-22(15-24-25(6,7)21(3,4)5)18(14-23-19)20(22)17-11-9-8-10-12-17/h8-13,16,18,20H,14-15H2,1-7H3/t18-,20-,22+/m1/s1. The highest BCUT2D eigenvalue weighted by Gasteiger charge is 2.66. The van der Waals surface area contributed by atoms with E-state index in [1.54, 1.807) is 0 Å². The molecular formula is C22H34O2Si. The van der Waals surface area contributed by atoms with Crippen molar-refractivity contribution in [2.45, 2.75) is 58.7 Å². The van der Waals surface area contributed by atoms with Gasteiger partial charge in [0.2, 0.25) is 0 Å². The van der Waals surface area contributed by atoms with Crippen LogP contribution in [0.1, 0.15) is 46.1 Å². The van der Waals surface area contributed by atoms with Crippen molar-refractivity contribution in [3.05, 3.63) is 47.7 Å². The third-order valence-corrected chi connectivity index (χ3v) is 11.1. The van der Waals surface area contributed by atoms with Gasteiger partial charge in [-0.05, 0) is 29.8 Å². The first-order valence-electron chi connectivity index (χ1n) is 9.63. The van der Waals surface area contributed by atoms with E-state index in [2.05, 4.69) is 84.1 Å². The second-order valence-corrected chi connectivity index (χ2v) is 14.5. The Morgan fingerprint density at radius 1 is 1.20 bits per heavy atom. The summed E-state index contributed by atoms with van der Waals surface area (Å²) in [6.07, 6.45) is 2.41. The van der Waals surface area contributed by atoms with Crippen LogP contribution in [-0.4, -0.2) is 21.5 Å². The molecule has 25 heavy (non-hydrogen) atoms. The minimum Gasteiger partial charge on any atom is -0.498 e. The highest BCUT2D eigenvalue weighted by Crippen LogP contribution is 2.68. The van der Waals surface area contributed by atoms with Gasteiger partial charge in [0.15, 0.2) is 8.32 Å². The van der Waals surface area contributed by atoms with Crippen LogP contribution in [0.4, 0.5) is 0 Å². The predicted octanol–water partition coefficient (Wildman–Crippen LogP) is 5.98. The summed E-state index contributed by atoms with van der Waals surface area (Å²) < 4.78 is 12.8. The number of ether oxygens (including phenoxy) is 1. The maximum atomic E-state index is 6.70. The van der Waals surface area contributed by atoms with Crippen LogP contribution < -0.4 is 0 Å². The quantitative estimate of drug-likeness (QED) is 0.603. The third kappa shape index (κ3) is 3.33. The molecule has 2 aliphatic rings. The van der Waals surface area contributed by atoms with Gasteiger partial charge in [-0.25, -0.2) is 0 Å².